The van der Waals surface area contributed by atoms with E-state index in [1.54, 1.807) is 11.9 Å². The van der Waals surface area contributed by atoms with Crippen molar-refractivity contribution < 1.29 is 9.21 Å². The Kier molecular flexibility index (Phi) is 5.82. The number of hydrogen-bond acceptors (Lipinski definition) is 5. The van der Waals surface area contributed by atoms with Crippen molar-refractivity contribution in [2.45, 2.75) is 32.4 Å². The molecule has 27 heavy (non-hydrogen) atoms. The number of nitrogens with zero attached hydrogens (tertiary/aromatic N) is 4. The van der Waals surface area contributed by atoms with Crippen LogP contribution >= 0.6 is 12.4 Å². The van der Waals surface area contributed by atoms with Gasteiger partial charge in [-0.2, -0.15) is 0 Å². The Labute approximate surface area is 164 Å². The number of carbonyl (C=O) groups is 1. The lowest BCUT2D eigenvalue weighted by Gasteiger charge is -2.23. The molecule has 144 valence electrons. The first kappa shape index (κ1) is 19.4. The molecule has 1 fully saturated rings. The minimum absolute atomic E-state index is 0. The van der Waals surface area contributed by atoms with Gasteiger partial charge >= 0.3 is 0 Å². The van der Waals surface area contributed by atoms with E-state index in [-0.39, 0.29) is 18.3 Å². The number of halogens is 1. The van der Waals surface area contributed by atoms with Crippen LogP contribution in [0.4, 0.5) is 0 Å². The molecule has 0 unspecified atom stereocenters. The number of furan rings is 1. The van der Waals surface area contributed by atoms with Gasteiger partial charge in [-0.15, -0.1) is 17.5 Å². The van der Waals surface area contributed by atoms with Crippen LogP contribution in [0.2, 0.25) is 0 Å². The van der Waals surface area contributed by atoms with Crippen molar-refractivity contribution in [3.63, 3.8) is 0 Å². The summed E-state index contributed by atoms with van der Waals surface area (Å²) in [6, 6.07) is 10.1. The van der Waals surface area contributed by atoms with Gasteiger partial charge in [-0.25, -0.2) is 4.68 Å². The van der Waals surface area contributed by atoms with E-state index in [0.29, 0.717) is 18.3 Å². The van der Waals surface area contributed by atoms with Crippen molar-refractivity contribution in [1.82, 2.24) is 25.2 Å². The number of fused-ring (bicyclic) bond motifs is 1. The first-order chi connectivity index (χ1) is 12.6. The molecule has 0 saturated carbocycles. The monoisotopic (exact) mass is 389 g/mol. The minimum atomic E-state index is -0.136. The van der Waals surface area contributed by atoms with E-state index in [2.05, 4.69) is 15.6 Å². The second kappa shape index (κ2) is 8.10. The summed E-state index contributed by atoms with van der Waals surface area (Å²) in [7, 11) is 1.76. The normalized spacial score (nSPS) is 14.9. The molecule has 0 spiro atoms. The molecule has 1 amide bonds. The summed E-state index contributed by atoms with van der Waals surface area (Å²) < 4.78 is 7.72. The van der Waals surface area contributed by atoms with Crippen molar-refractivity contribution >= 4 is 29.3 Å². The average molecular weight is 390 g/mol. The van der Waals surface area contributed by atoms with Gasteiger partial charge in [0, 0.05) is 12.4 Å². The highest BCUT2D eigenvalue weighted by Gasteiger charge is 2.25. The van der Waals surface area contributed by atoms with Crippen molar-refractivity contribution in [2.24, 2.45) is 0 Å². The number of para-hydroxylation sites is 1. The second-order valence-electron chi connectivity index (χ2n) is 6.86. The van der Waals surface area contributed by atoms with Crippen LogP contribution in [0.1, 0.15) is 40.8 Å². The van der Waals surface area contributed by atoms with Crippen molar-refractivity contribution in [1.29, 1.82) is 0 Å². The van der Waals surface area contributed by atoms with E-state index < -0.39 is 0 Å². The predicted molar refractivity (Wildman–Crippen MR) is 105 cm³/mol. The zero-order valence-corrected chi connectivity index (χ0v) is 16.3. The Balaban J connectivity index is 0.00000210. The third-order valence-corrected chi connectivity index (χ3v) is 5.00. The van der Waals surface area contributed by atoms with E-state index in [0.717, 1.165) is 48.4 Å². The summed E-state index contributed by atoms with van der Waals surface area (Å²) in [5.41, 5.74) is 2.08. The van der Waals surface area contributed by atoms with Gasteiger partial charge in [0.25, 0.3) is 5.91 Å². The first-order valence-corrected chi connectivity index (χ1v) is 8.99. The molecule has 2 aromatic heterocycles. The van der Waals surface area contributed by atoms with Gasteiger partial charge in [0.2, 0.25) is 0 Å². The number of amides is 1. The maximum atomic E-state index is 12.8. The molecule has 1 N–H and O–H groups in total. The minimum Gasteiger partial charge on any atom is -0.459 e. The molecule has 0 atom stereocenters. The highest BCUT2D eigenvalue weighted by molar-refractivity contribution is 5.93. The molecule has 1 aliphatic heterocycles. The zero-order chi connectivity index (χ0) is 18.1. The lowest BCUT2D eigenvalue weighted by molar-refractivity contribution is 0.0769. The molecule has 0 bridgehead atoms. The molecule has 7 nitrogen and oxygen atoms in total. The number of benzene rings is 1. The molecule has 8 heteroatoms. The molecule has 0 aliphatic carbocycles. The molecule has 1 aliphatic rings. The van der Waals surface area contributed by atoms with Gasteiger partial charge in [0.1, 0.15) is 11.3 Å². The number of piperidine rings is 1. The number of aromatic nitrogens is 3. The van der Waals surface area contributed by atoms with Crippen LogP contribution in [0, 0.1) is 6.92 Å². The van der Waals surface area contributed by atoms with Crippen molar-refractivity contribution in [2.75, 3.05) is 20.1 Å². The van der Waals surface area contributed by atoms with E-state index in [1.165, 1.54) is 0 Å². The summed E-state index contributed by atoms with van der Waals surface area (Å²) in [6.07, 6.45) is 2.01. The Morgan fingerprint density at radius 2 is 2.07 bits per heavy atom. The maximum absolute atomic E-state index is 12.8. The lowest BCUT2D eigenvalue weighted by Crippen LogP contribution is -2.30. The summed E-state index contributed by atoms with van der Waals surface area (Å²) >= 11 is 0. The molecular formula is C19H24ClN5O2. The van der Waals surface area contributed by atoms with E-state index >= 15 is 0 Å². The van der Waals surface area contributed by atoms with Crippen LogP contribution in [-0.4, -0.2) is 45.9 Å². The predicted octanol–water partition coefficient (Wildman–Crippen LogP) is 2.95. The molecule has 0 radical (unpaired) electrons. The number of rotatable bonds is 4. The lowest BCUT2D eigenvalue weighted by atomic mass is 10.1. The molecular weight excluding hydrogens is 366 g/mol. The number of carbonyl (C=O) groups excluding carboxylic acids is 1. The number of nitrogens with one attached hydrogen (secondary N) is 1. The molecule has 4 rings (SSSR count). The Morgan fingerprint density at radius 3 is 2.81 bits per heavy atom. The molecule has 1 saturated heterocycles. The van der Waals surface area contributed by atoms with Gasteiger partial charge in [0.15, 0.2) is 5.69 Å². The summed E-state index contributed by atoms with van der Waals surface area (Å²) in [6.45, 7) is 4.26. The zero-order valence-electron chi connectivity index (χ0n) is 15.5. The van der Waals surface area contributed by atoms with Crippen LogP contribution < -0.4 is 5.32 Å². The SMILES string of the molecule is Cc1c(C(=O)N(C)Cc2cc3ccccc3o2)nnn1C1CCNCC1.Cl. The fraction of sp³-hybridized carbons (Fsp3) is 0.421. The third kappa shape index (κ3) is 3.84. The molecule has 1 aromatic carbocycles. The largest absolute Gasteiger partial charge is 0.459 e. The number of hydrogen-bond donors (Lipinski definition) is 1. The van der Waals surface area contributed by atoms with E-state index in [4.69, 9.17) is 4.42 Å². The standard InChI is InChI=1S/C19H23N5O2.ClH/c1-13-18(21-22-24(13)15-7-9-20-10-8-15)19(25)23(2)12-16-11-14-5-3-4-6-17(14)26-16;/h3-6,11,15,20H,7-10,12H2,1-2H3;1H. The van der Waals surface area contributed by atoms with Crippen molar-refractivity contribution in [3.05, 3.63) is 47.5 Å². The Bertz CT molecular complexity index is 896. The summed E-state index contributed by atoms with van der Waals surface area (Å²) in [4.78, 5) is 14.5. The quantitative estimate of drug-likeness (QED) is 0.742. The highest BCUT2D eigenvalue weighted by atomic mass is 35.5. The summed E-state index contributed by atoms with van der Waals surface area (Å²) in [5, 5.41) is 12.8. The second-order valence-corrected chi connectivity index (χ2v) is 6.86. The van der Waals surface area contributed by atoms with Gasteiger partial charge in [0.05, 0.1) is 18.3 Å². The molecule has 3 heterocycles. The van der Waals surface area contributed by atoms with Crippen LogP contribution in [0.5, 0.6) is 0 Å². The van der Waals surface area contributed by atoms with Crippen LogP contribution in [0.15, 0.2) is 34.7 Å². The van der Waals surface area contributed by atoms with Gasteiger partial charge < -0.3 is 14.6 Å². The molecule has 3 aromatic rings. The van der Waals surface area contributed by atoms with Gasteiger partial charge in [-0.1, -0.05) is 23.4 Å². The first-order valence-electron chi connectivity index (χ1n) is 8.99. The third-order valence-electron chi connectivity index (χ3n) is 5.00. The van der Waals surface area contributed by atoms with Crippen molar-refractivity contribution in [3.8, 4) is 0 Å². The Hall–Kier alpha value is -2.38. The van der Waals surface area contributed by atoms with Crippen LogP contribution in [-0.2, 0) is 6.54 Å². The van der Waals surface area contributed by atoms with E-state index in [1.807, 2.05) is 41.9 Å². The van der Waals surface area contributed by atoms with Crippen LogP contribution in [0.3, 0.4) is 0 Å². The fourth-order valence-electron chi connectivity index (χ4n) is 3.54. The fourth-order valence-corrected chi connectivity index (χ4v) is 3.54. The highest BCUT2D eigenvalue weighted by Crippen LogP contribution is 2.22. The van der Waals surface area contributed by atoms with E-state index in [9.17, 15) is 4.79 Å². The topological polar surface area (TPSA) is 76.2 Å². The summed E-state index contributed by atoms with van der Waals surface area (Å²) in [5.74, 6) is 0.619. The van der Waals surface area contributed by atoms with Gasteiger partial charge in [-0.05, 0) is 45.0 Å². The smallest absolute Gasteiger partial charge is 0.276 e. The average Bonchev–Trinajstić information content (AvgIpc) is 3.24. The van der Waals surface area contributed by atoms with Crippen LogP contribution in [0.25, 0.3) is 11.0 Å². The maximum Gasteiger partial charge on any atom is 0.276 e. The van der Waals surface area contributed by atoms with Gasteiger partial charge in [-0.3, -0.25) is 4.79 Å². The Morgan fingerprint density at radius 1 is 1.33 bits per heavy atom.